The summed E-state index contributed by atoms with van der Waals surface area (Å²) in [6.07, 6.45) is 3.44. The molecule has 2 aliphatic rings. The maximum atomic E-state index is 12.2. The summed E-state index contributed by atoms with van der Waals surface area (Å²) in [7, 11) is 4.11. The first-order valence-electron chi connectivity index (χ1n) is 7.03. The number of nitrogens with one attached hydrogen (secondary N) is 2. The molecule has 0 bridgehead atoms. The molecule has 1 saturated carbocycles. The summed E-state index contributed by atoms with van der Waals surface area (Å²) in [5, 5.41) is 6.51. The average molecular weight is 253 g/mol. The molecule has 1 saturated heterocycles. The molecule has 0 radical (unpaired) electrons. The molecule has 1 unspecified atom stereocenters. The molecule has 4 nitrogen and oxygen atoms in total. The minimum absolute atomic E-state index is 0.0197. The third-order valence-corrected chi connectivity index (χ3v) is 5.01. The van der Waals surface area contributed by atoms with Gasteiger partial charge in [-0.15, -0.1) is 0 Å². The van der Waals surface area contributed by atoms with Gasteiger partial charge in [-0.1, -0.05) is 0 Å². The first-order valence-corrected chi connectivity index (χ1v) is 7.03. The van der Waals surface area contributed by atoms with E-state index in [2.05, 4.69) is 43.5 Å². The fourth-order valence-electron chi connectivity index (χ4n) is 2.78. The van der Waals surface area contributed by atoms with Gasteiger partial charge >= 0.3 is 0 Å². The highest BCUT2D eigenvalue weighted by Crippen LogP contribution is 2.58. The third kappa shape index (κ3) is 2.69. The highest BCUT2D eigenvalue weighted by molar-refractivity contribution is 5.82. The molecular weight excluding hydrogens is 226 g/mol. The number of nitrogens with zero attached hydrogens (tertiary/aromatic N) is 1. The highest BCUT2D eigenvalue weighted by Gasteiger charge is 2.57. The first-order chi connectivity index (χ1) is 8.37. The van der Waals surface area contributed by atoms with Crippen LogP contribution >= 0.6 is 0 Å². The van der Waals surface area contributed by atoms with Gasteiger partial charge in [0.1, 0.15) is 0 Å². The first kappa shape index (κ1) is 13.8. The SMILES string of the molecule is CN(C)C(C)(C)CNC(=O)C1CC12CCNCC2. The van der Waals surface area contributed by atoms with E-state index in [1.807, 2.05) is 0 Å². The minimum atomic E-state index is 0.0197. The van der Waals surface area contributed by atoms with E-state index in [-0.39, 0.29) is 17.4 Å². The van der Waals surface area contributed by atoms with Crippen molar-refractivity contribution in [3.63, 3.8) is 0 Å². The maximum absolute atomic E-state index is 12.2. The topological polar surface area (TPSA) is 44.4 Å². The summed E-state index contributed by atoms with van der Waals surface area (Å²) in [6, 6.07) is 0. The minimum Gasteiger partial charge on any atom is -0.354 e. The van der Waals surface area contributed by atoms with Crippen molar-refractivity contribution in [2.45, 2.75) is 38.6 Å². The second kappa shape index (κ2) is 4.82. The number of carbonyl (C=O) groups is 1. The zero-order valence-corrected chi connectivity index (χ0v) is 12.2. The van der Waals surface area contributed by atoms with Gasteiger partial charge in [-0.25, -0.2) is 0 Å². The van der Waals surface area contributed by atoms with Crippen LogP contribution in [0.25, 0.3) is 0 Å². The fraction of sp³-hybridized carbons (Fsp3) is 0.929. The van der Waals surface area contributed by atoms with E-state index in [0.29, 0.717) is 5.41 Å². The van der Waals surface area contributed by atoms with Crippen molar-refractivity contribution < 1.29 is 4.79 Å². The van der Waals surface area contributed by atoms with Crippen LogP contribution in [-0.4, -0.2) is 50.1 Å². The molecule has 18 heavy (non-hydrogen) atoms. The molecule has 1 atom stereocenters. The van der Waals surface area contributed by atoms with Crippen molar-refractivity contribution in [1.29, 1.82) is 0 Å². The van der Waals surface area contributed by atoms with Gasteiger partial charge in [-0.2, -0.15) is 0 Å². The molecule has 1 aliphatic carbocycles. The zero-order chi connectivity index (χ0) is 13.4. The average Bonchev–Trinajstić information content (AvgIpc) is 3.01. The molecule has 0 aromatic heterocycles. The lowest BCUT2D eigenvalue weighted by Crippen LogP contribution is -2.48. The van der Waals surface area contributed by atoms with Gasteiger partial charge in [0, 0.05) is 18.0 Å². The Bertz CT molecular complexity index is 319. The highest BCUT2D eigenvalue weighted by atomic mass is 16.2. The molecule has 2 N–H and O–H groups in total. The van der Waals surface area contributed by atoms with Crippen LogP contribution in [0.1, 0.15) is 33.1 Å². The Morgan fingerprint density at radius 1 is 1.39 bits per heavy atom. The molecule has 0 aromatic rings. The number of rotatable bonds is 4. The predicted molar refractivity (Wildman–Crippen MR) is 73.4 cm³/mol. The van der Waals surface area contributed by atoms with E-state index in [1.165, 1.54) is 12.8 Å². The van der Waals surface area contributed by atoms with Gasteiger partial charge in [0.2, 0.25) is 5.91 Å². The smallest absolute Gasteiger partial charge is 0.223 e. The number of hydrogen-bond acceptors (Lipinski definition) is 3. The lowest BCUT2D eigenvalue weighted by Gasteiger charge is -2.33. The van der Waals surface area contributed by atoms with Crippen molar-refractivity contribution in [3.8, 4) is 0 Å². The van der Waals surface area contributed by atoms with E-state index >= 15 is 0 Å². The monoisotopic (exact) mass is 253 g/mol. The van der Waals surface area contributed by atoms with E-state index in [9.17, 15) is 4.79 Å². The molecule has 0 aromatic carbocycles. The zero-order valence-electron chi connectivity index (χ0n) is 12.2. The van der Waals surface area contributed by atoms with Crippen LogP contribution in [-0.2, 0) is 4.79 Å². The van der Waals surface area contributed by atoms with Crippen molar-refractivity contribution in [2.75, 3.05) is 33.7 Å². The predicted octanol–water partition coefficient (Wildman–Crippen LogP) is 0.833. The molecule has 1 heterocycles. The molecule has 104 valence electrons. The van der Waals surface area contributed by atoms with Crippen molar-refractivity contribution >= 4 is 5.91 Å². The molecule has 1 spiro atoms. The van der Waals surface area contributed by atoms with Gasteiger partial charge in [0.05, 0.1) is 0 Å². The Balaban J connectivity index is 1.80. The number of piperidine rings is 1. The number of likely N-dealkylation sites (N-methyl/N-ethyl adjacent to an activating group) is 1. The number of hydrogen-bond donors (Lipinski definition) is 2. The summed E-state index contributed by atoms with van der Waals surface area (Å²) in [5.41, 5.74) is 0.365. The summed E-state index contributed by atoms with van der Waals surface area (Å²) < 4.78 is 0. The Morgan fingerprint density at radius 3 is 2.56 bits per heavy atom. The number of carbonyl (C=O) groups excluding carboxylic acids is 1. The Labute approximate surface area is 110 Å². The normalized spacial score (nSPS) is 26.4. The maximum Gasteiger partial charge on any atom is 0.223 e. The lowest BCUT2D eigenvalue weighted by atomic mass is 9.91. The fourth-order valence-corrected chi connectivity index (χ4v) is 2.78. The van der Waals surface area contributed by atoms with Gasteiger partial charge in [0.15, 0.2) is 0 Å². The van der Waals surface area contributed by atoms with E-state index < -0.39 is 0 Å². The molecule has 2 fully saturated rings. The van der Waals surface area contributed by atoms with Crippen molar-refractivity contribution in [2.24, 2.45) is 11.3 Å². The standard InChI is InChI=1S/C14H27N3O/c1-13(2,17(3)4)10-16-12(18)11-9-14(11)5-7-15-8-6-14/h11,15H,5-10H2,1-4H3,(H,16,18). The van der Waals surface area contributed by atoms with Crippen LogP contribution in [0.15, 0.2) is 0 Å². The molecule has 2 rings (SSSR count). The van der Waals surface area contributed by atoms with Gasteiger partial charge < -0.3 is 15.5 Å². The van der Waals surface area contributed by atoms with Crippen LogP contribution < -0.4 is 10.6 Å². The molecule has 1 aliphatic heterocycles. The summed E-state index contributed by atoms with van der Waals surface area (Å²) >= 11 is 0. The Morgan fingerprint density at radius 2 is 2.00 bits per heavy atom. The van der Waals surface area contributed by atoms with Gasteiger partial charge in [-0.05, 0) is 65.7 Å². The second-order valence-electron chi connectivity index (χ2n) is 6.79. The quantitative estimate of drug-likeness (QED) is 0.780. The van der Waals surface area contributed by atoms with Crippen molar-refractivity contribution in [1.82, 2.24) is 15.5 Å². The van der Waals surface area contributed by atoms with Gasteiger partial charge in [0.25, 0.3) is 0 Å². The van der Waals surface area contributed by atoms with Crippen molar-refractivity contribution in [3.05, 3.63) is 0 Å². The summed E-state index contributed by atoms with van der Waals surface area (Å²) in [4.78, 5) is 14.4. The lowest BCUT2D eigenvalue weighted by molar-refractivity contribution is -0.123. The third-order valence-electron chi connectivity index (χ3n) is 5.01. The van der Waals surface area contributed by atoms with Crippen LogP contribution in [0, 0.1) is 11.3 Å². The van der Waals surface area contributed by atoms with Crippen LogP contribution in [0.4, 0.5) is 0 Å². The van der Waals surface area contributed by atoms with Crippen LogP contribution in [0.5, 0.6) is 0 Å². The second-order valence-corrected chi connectivity index (χ2v) is 6.79. The Kier molecular flexibility index (Phi) is 3.70. The van der Waals surface area contributed by atoms with E-state index in [4.69, 9.17) is 0 Å². The Hall–Kier alpha value is -0.610. The van der Waals surface area contributed by atoms with Crippen LogP contribution in [0.2, 0.25) is 0 Å². The van der Waals surface area contributed by atoms with Crippen LogP contribution in [0.3, 0.4) is 0 Å². The van der Waals surface area contributed by atoms with E-state index in [0.717, 1.165) is 26.1 Å². The van der Waals surface area contributed by atoms with Gasteiger partial charge in [-0.3, -0.25) is 4.79 Å². The largest absolute Gasteiger partial charge is 0.354 e. The summed E-state index contributed by atoms with van der Waals surface area (Å²) in [5.74, 6) is 0.546. The molecule has 1 amide bonds. The number of amides is 1. The molecular formula is C14H27N3O. The molecule has 4 heteroatoms. The summed E-state index contributed by atoms with van der Waals surface area (Å²) in [6.45, 7) is 7.19. The van der Waals surface area contributed by atoms with E-state index in [1.54, 1.807) is 0 Å².